The van der Waals surface area contributed by atoms with Gasteiger partial charge in [0.05, 0.1) is 0 Å². The maximum Gasteiger partial charge on any atom is 0.159 e. The number of aryl methyl sites for hydroxylation is 1. The lowest BCUT2D eigenvalue weighted by Crippen LogP contribution is -2.24. The fourth-order valence-electron chi connectivity index (χ4n) is 2.86. The number of benzene rings is 2. The molecule has 0 spiro atoms. The Morgan fingerprint density at radius 2 is 1.75 bits per heavy atom. The smallest absolute Gasteiger partial charge is 0.159 e. The van der Waals surface area contributed by atoms with E-state index in [4.69, 9.17) is 0 Å². The molecule has 0 aliphatic carbocycles. The second-order valence-corrected chi connectivity index (χ2v) is 5.50. The van der Waals surface area contributed by atoms with Gasteiger partial charge >= 0.3 is 0 Å². The largest absolute Gasteiger partial charge is 0.374 e. The molecule has 1 aliphatic heterocycles. The SMILES string of the molecule is CC(=O)c1ccc(-c2ccc3c(c2)CCCN3C)cc1. The van der Waals surface area contributed by atoms with E-state index in [2.05, 4.69) is 30.1 Å². The van der Waals surface area contributed by atoms with Crippen LogP contribution in [0.2, 0.25) is 0 Å². The molecule has 2 heteroatoms. The van der Waals surface area contributed by atoms with E-state index < -0.39 is 0 Å². The van der Waals surface area contributed by atoms with Crippen LogP contribution >= 0.6 is 0 Å². The predicted octanol–water partition coefficient (Wildman–Crippen LogP) is 3.94. The van der Waals surface area contributed by atoms with Gasteiger partial charge in [0.25, 0.3) is 0 Å². The molecular weight excluding hydrogens is 246 g/mol. The molecule has 2 aromatic rings. The van der Waals surface area contributed by atoms with Crippen molar-refractivity contribution in [1.82, 2.24) is 0 Å². The van der Waals surface area contributed by atoms with Gasteiger partial charge in [0.15, 0.2) is 5.78 Å². The van der Waals surface area contributed by atoms with Crippen LogP contribution < -0.4 is 4.90 Å². The first-order valence-corrected chi connectivity index (χ1v) is 7.10. The van der Waals surface area contributed by atoms with Crippen LogP contribution in [0.25, 0.3) is 11.1 Å². The van der Waals surface area contributed by atoms with E-state index in [1.54, 1.807) is 6.92 Å². The minimum atomic E-state index is 0.114. The van der Waals surface area contributed by atoms with Crippen LogP contribution in [-0.2, 0) is 6.42 Å². The number of carbonyl (C=O) groups excluding carboxylic acids is 1. The van der Waals surface area contributed by atoms with Gasteiger partial charge < -0.3 is 4.90 Å². The van der Waals surface area contributed by atoms with Crippen molar-refractivity contribution < 1.29 is 4.79 Å². The van der Waals surface area contributed by atoms with Gasteiger partial charge in [-0.25, -0.2) is 0 Å². The van der Waals surface area contributed by atoms with E-state index in [9.17, 15) is 4.79 Å². The second-order valence-electron chi connectivity index (χ2n) is 5.50. The van der Waals surface area contributed by atoms with E-state index in [1.165, 1.54) is 28.8 Å². The van der Waals surface area contributed by atoms with Gasteiger partial charge in [0.2, 0.25) is 0 Å². The van der Waals surface area contributed by atoms with Crippen LogP contribution in [0, 0.1) is 0 Å². The third-order valence-corrected chi connectivity index (χ3v) is 4.06. The Labute approximate surface area is 120 Å². The Bertz CT molecular complexity index is 643. The van der Waals surface area contributed by atoms with Gasteiger partial charge in [-0.3, -0.25) is 4.79 Å². The zero-order valence-corrected chi connectivity index (χ0v) is 12.0. The molecular formula is C18H19NO. The molecule has 1 aliphatic rings. The Kier molecular flexibility index (Phi) is 3.31. The number of hydrogen-bond acceptors (Lipinski definition) is 2. The van der Waals surface area contributed by atoms with Crippen LogP contribution in [-0.4, -0.2) is 19.4 Å². The van der Waals surface area contributed by atoms with E-state index >= 15 is 0 Å². The van der Waals surface area contributed by atoms with E-state index in [0.29, 0.717) is 0 Å². The number of fused-ring (bicyclic) bond motifs is 1. The van der Waals surface area contributed by atoms with Crippen molar-refractivity contribution in [2.75, 3.05) is 18.5 Å². The highest BCUT2D eigenvalue weighted by molar-refractivity contribution is 5.94. The maximum absolute atomic E-state index is 11.3. The second kappa shape index (κ2) is 5.12. The molecule has 0 atom stereocenters. The minimum absolute atomic E-state index is 0.114. The lowest BCUT2D eigenvalue weighted by molar-refractivity contribution is 0.101. The highest BCUT2D eigenvalue weighted by atomic mass is 16.1. The van der Waals surface area contributed by atoms with Gasteiger partial charge in [-0.1, -0.05) is 30.3 Å². The monoisotopic (exact) mass is 265 g/mol. The lowest BCUT2D eigenvalue weighted by atomic mass is 9.96. The van der Waals surface area contributed by atoms with Crippen LogP contribution in [0.3, 0.4) is 0 Å². The quantitative estimate of drug-likeness (QED) is 0.767. The zero-order valence-electron chi connectivity index (χ0n) is 12.0. The molecule has 2 aromatic carbocycles. The standard InChI is InChI=1S/C18H19NO/c1-13(20)14-5-7-15(8-6-14)16-9-10-18-17(12-16)4-3-11-19(18)2/h5-10,12H,3-4,11H2,1-2H3. The predicted molar refractivity (Wildman–Crippen MR) is 83.5 cm³/mol. The maximum atomic E-state index is 11.3. The molecule has 0 amide bonds. The summed E-state index contributed by atoms with van der Waals surface area (Å²) in [5, 5.41) is 0. The van der Waals surface area contributed by atoms with Gasteiger partial charge in [0, 0.05) is 24.8 Å². The van der Waals surface area contributed by atoms with E-state index in [0.717, 1.165) is 18.5 Å². The van der Waals surface area contributed by atoms with E-state index in [-0.39, 0.29) is 5.78 Å². The summed E-state index contributed by atoms with van der Waals surface area (Å²) in [6, 6.07) is 14.5. The number of carbonyl (C=O) groups is 1. The molecule has 0 fully saturated rings. The zero-order chi connectivity index (χ0) is 14.1. The number of rotatable bonds is 2. The van der Waals surface area contributed by atoms with Gasteiger partial charge in [-0.05, 0) is 48.6 Å². The van der Waals surface area contributed by atoms with Crippen LogP contribution in [0.1, 0.15) is 29.3 Å². The number of ketones is 1. The number of Topliss-reactive ketones (excluding diaryl/α,β-unsaturated/α-hetero) is 1. The molecule has 0 aromatic heterocycles. The molecule has 0 bridgehead atoms. The molecule has 0 unspecified atom stereocenters. The highest BCUT2D eigenvalue weighted by Gasteiger charge is 2.14. The molecule has 1 heterocycles. The molecule has 0 saturated heterocycles. The number of anilines is 1. The summed E-state index contributed by atoms with van der Waals surface area (Å²) in [4.78, 5) is 13.6. The van der Waals surface area contributed by atoms with Crippen molar-refractivity contribution in [3.05, 3.63) is 53.6 Å². The fourth-order valence-corrected chi connectivity index (χ4v) is 2.86. The molecule has 0 saturated carbocycles. The van der Waals surface area contributed by atoms with Crippen molar-refractivity contribution in [3.8, 4) is 11.1 Å². The Morgan fingerprint density at radius 1 is 1.05 bits per heavy atom. The number of nitrogens with zero attached hydrogens (tertiary/aromatic N) is 1. The average Bonchev–Trinajstić information content (AvgIpc) is 2.47. The molecule has 102 valence electrons. The minimum Gasteiger partial charge on any atom is -0.374 e. The van der Waals surface area contributed by atoms with Crippen molar-refractivity contribution in [2.45, 2.75) is 19.8 Å². The first-order chi connectivity index (χ1) is 9.65. The van der Waals surface area contributed by atoms with E-state index in [1.807, 2.05) is 24.3 Å². The Balaban J connectivity index is 1.96. The number of hydrogen-bond donors (Lipinski definition) is 0. The molecule has 2 nitrogen and oxygen atoms in total. The van der Waals surface area contributed by atoms with Crippen molar-refractivity contribution in [1.29, 1.82) is 0 Å². The third-order valence-electron chi connectivity index (χ3n) is 4.06. The first kappa shape index (κ1) is 12.9. The highest BCUT2D eigenvalue weighted by Crippen LogP contribution is 2.30. The van der Waals surface area contributed by atoms with Crippen LogP contribution in [0.5, 0.6) is 0 Å². The van der Waals surface area contributed by atoms with Crippen molar-refractivity contribution >= 4 is 11.5 Å². The molecule has 0 N–H and O–H groups in total. The fraction of sp³-hybridized carbons (Fsp3) is 0.278. The van der Waals surface area contributed by atoms with Crippen molar-refractivity contribution in [2.24, 2.45) is 0 Å². The lowest BCUT2D eigenvalue weighted by Gasteiger charge is -2.27. The van der Waals surface area contributed by atoms with Gasteiger partial charge in [-0.2, -0.15) is 0 Å². The van der Waals surface area contributed by atoms with Crippen molar-refractivity contribution in [3.63, 3.8) is 0 Å². The Morgan fingerprint density at radius 3 is 2.45 bits per heavy atom. The molecule has 20 heavy (non-hydrogen) atoms. The van der Waals surface area contributed by atoms with Crippen LogP contribution in [0.4, 0.5) is 5.69 Å². The normalized spacial score (nSPS) is 14.0. The Hall–Kier alpha value is -2.09. The molecule has 3 rings (SSSR count). The topological polar surface area (TPSA) is 20.3 Å². The average molecular weight is 265 g/mol. The summed E-state index contributed by atoms with van der Waals surface area (Å²) in [5.41, 5.74) is 5.94. The first-order valence-electron chi connectivity index (χ1n) is 7.10. The summed E-state index contributed by atoms with van der Waals surface area (Å²) >= 11 is 0. The summed E-state index contributed by atoms with van der Waals surface area (Å²) in [6.07, 6.45) is 2.37. The summed E-state index contributed by atoms with van der Waals surface area (Å²) in [5.74, 6) is 0.114. The molecule has 0 radical (unpaired) electrons. The third kappa shape index (κ3) is 2.34. The van der Waals surface area contributed by atoms with Gasteiger partial charge in [0.1, 0.15) is 0 Å². The summed E-state index contributed by atoms with van der Waals surface area (Å²) < 4.78 is 0. The van der Waals surface area contributed by atoms with Crippen LogP contribution in [0.15, 0.2) is 42.5 Å². The summed E-state index contributed by atoms with van der Waals surface area (Å²) in [6.45, 7) is 2.74. The van der Waals surface area contributed by atoms with Gasteiger partial charge in [-0.15, -0.1) is 0 Å². The summed E-state index contributed by atoms with van der Waals surface area (Å²) in [7, 11) is 2.15.